The predicted molar refractivity (Wildman–Crippen MR) is 83.2 cm³/mol. The number of nitrogens with one attached hydrogen (secondary N) is 1. The van der Waals surface area contributed by atoms with Crippen molar-refractivity contribution in [3.05, 3.63) is 23.8 Å². The third-order valence-electron chi connectivity index (χ3n) is 3.90. The van der Waals surface area contributed by atoms with Crippen molar-refractivity contribution in [1.29, 1.82) is 0 Å². The average molecular weight is 312 g/mol. The lowest BCUT2D eigenvalue weighted by molar-refractivity contribution is 0.336. The van der Waals surface area contributed by atoms with Crippen molar-refractivity contribution in [2.75, 3.05) is 27.2 Å². The highest BCUT2D eigenvalue weighted by Gasteiger charge is 2.27. The van der Waals surface area contributed by atoms with E-state index in [4.69, 9.17) is 4.74 Å². The zero-order chi connectivity index (χ0) is 15.5. The summed E-state index contributed by atoms with van der Waals surface area (Å²) in [5.41, 5.74) is 0.901. The number of hydrogen-bond donors (Lipinski definition) is 1. The monoisotopic (exact) mass is 312 g/mol. The van der Waals surface area contributed by atoms with Crippen LogP contribution < -0.4 is 10.1 Å². The highest BCUT2D eigenvalue weighted by Crippen LogP contribution is 2.27. The second kappa shape index (κ2) is 6.77. The van der Waals surface area contributed by atoms with E-state index in [1.54, 1.807) is 19.2 Å². The van der Waals surface area contributed by atoms with Crippen LogP contribution in [0.4, 0.5) is 0 Å². The number of aryl methyl sites for hydroxylation is 1. The van der Waals surface area contributed by atoms with Crippen LogP contribution in [0.3, 0.4) is 0 Å². The minimum atomic E-state index is -3.54. The maximum absolute atomic E-state index is 12.8. The first-order valence-electron chi connectivity index (χ1n) is 7.29. The molecule has 0 aliphatic carbocycles. The third kappa shape index (κ3) is 3.75. The van der Waals surface area contributed by atoms with E-state index in [9.17, 15) is 8.42 Å². The molecule has 1 aliphatic heterocycles. The molecule has 0 radical (unpaired) electrons. The lowest BCUT2D eigenvalue weighted by Gasteiger charge is -2.28. The van der Waals surface area contributed by atoms with Gasteiger partial charge in [0.2, 0.25) is 10.0 Å². The van der Waals surface area contributed by atoms with Crippen LogP contribution in [0, 0.1) is 6.92 Å². The van der Waals surface area contributed by atoms with Crippen molar-refractivity contribution in [3.8, 4) is 5.75 Å². The molecule has 2 rings (SSSR count). The second-order valence-electron chi connectivity index (χ2n) is 5.59. The Morgan fingerprint density at radius 1 is 1.38 bits per heavy atom. The number of ether oxygens (including phenoxy) is 1. The van der Waals surface area contributed by atoms with Gasteiger partial charge in [-0.2, -0.15) is 4.31 Å². The van der Waals surface area contributed by atoms with Crippen LogP contribution in [0.25, 0.3) is 0 Å². The molecule has 0 spiro atoms. The van der Waals surface area contributed by atoms with E-state index in [1.165, 1.54) is 17.8 Å². The largest absolute Gasteiger partial charge is 0.495 e. The number of nitrogens with zero attached hydrogens (tertiary/aromatic N) is 1. The Morgan fingerprint density at radius 3 is 2.76 bits per heavy atom. The molecule has 1 aliphatic rings. The van der Waals surface area contributed by atoms with E-state index in [1.807, 2.05) is 13.0 Å². The van der Waals surface area contributed by atoms with E-state index in [0.717, 1.165) is 24.9 Å². The first-order chi connectivity index (χ1) is 9.95. The smallest absolute Gasteiger partial charge is 0.246 e. The minimum absolute atomic E-state index is 0.231. The molecule has 21 heavy (non-hydrogen) atoms. The normalized spacial score (nSPS) is 19.7. The molecule has 0 amide bonds. The molecule has 1 saturated heterocycles. The molecule has 1 aromatic rings. The van der Waals surface area contributed by atoms with Crippen molar-refractivity contribution in [2.45, 2.75) is 37.1 Å². The number of benzene rings is 1. The molecule has 1 N–H and O–H groups in total. The maximum Gasteiger partial charge on any atom is 0.246 e. The highest BCUT2D eigenvalue weighted by atomic mass is 32.2. The van der Waals surface area contributed by atoms with E-state index in [-0.39, 0.29) is 10.9 Å². The van der Waals surface area contributed by atoms with Gasteiger partial charge in [-0.3, -0.25) is 0 Å². The molecule has 1 fully saturated rings. The van der Waals surface area contributed by atoms with Gasteiger partial charge in [0.25, 0.3) is 0 Å². The standard InChI is InChI=1S/C15H24N2O3S/c1-12-7-8-14(20-3)15(10-12)21(18,19)17(2)11-13-6-4-5-9-16-13/h7-8,10,13,16H,4-6,9,11H2,1-3H3. The molecule has 1 atom stereocenters. The first kappa shape index (κ1) is 16.3. The Balaban J connectivity index is 2.22. The van der Waals surface area contributed by atoms with Crippen LogP contribution in [0.15, 0.2) is 23.1 Å². The van der Waals surface area contributed by atoms with Crippen LogP contribution in [-0.2, 0) is 10.0 Å². The van der Waals surface area contributed by atoms with Crippen molar-refractivity contribution in [1.82, 2.24) is 9.62 Å². The Labute approximate surface area is 127 Å². The fourth-order valence-electron chi connectivity index (χ4n) is 2.64. The summed E-state index contributed by atoms with van der Waals surface area (Å²) in [6, 6.07) is 5.45. The van der Waals surface area contributed by atoms with Crippen LogP contribution in [0.1, 0.15) is 24.8 Å². The number of likely N-dealkylation sites (N-methyl/N-ethyl adjacent to an activating group) is 1. The van der Waals surface area contributed by atoms with Gasteiger partial charge in [0, 0.05) is 19.6 Å². The SMILES string of the molecule is COc1ccc(C)cc1S(=O)(=O)N(C)CC1CCCCN1. The molecule has 6 heteroatoms. The Bertz CT molecular complexity index is 581. The average Bonchev–Trinajstić information content (AvgIpc) is 2.48. The number of piperidine rings is 1. The van der Waals surface area contributed by atoms with Gasteiger partial charge in [-0.25, -0.2) is 8.42 Å². The molecule has 0 bridgehead atoms. The zero-order valence-electron chi connectivity index (χ0n) is 12.9. The summed E-state index contributed by atoms with van der Waals surface area (Å²) in [5.74, 6) is 0.393. The summed E-state index contributed by atoms with van der Waals surface area (Å²) in [7, 11) is -0.411. The summed E-state index contributed by atoms with van der Waals surface area (Å²) in [4.78, 5) is 0.239. The van der Waals surface area contributed by atoms with Gasteiger partial charge in [-0.05, 0) is 44.0 Å². The molecule has 1 aromatic carbocycles. The topological polar surface area (TPSA) is 58.6 Å². The zero-order valence-corrected chi connectivity index (χ0v) is 13.7. The van der Waals surface area contributed by atoms with Gasteiger partial charge in [-0.1, -0.05) is 12.5 Å². The molecule has 118 valence electrons. The molecular weight excluding hydrogens is 288 g/mol. The first-order valence-corrected chi connectivity index (χ1v) is 8.73. The number of hydrogen-bond acceptors (Lipinski definition) is 4. The quantitative estimate of drug-likeness (QED) is 0.900. The predicted octanol–water partition coefficient (Wildman–Crippen LogP) is 1.77. The van der Waals surface area contributed by atoms with Gasteiger partial charge in [0.15, 0.2) is 0 Å². The van der Waals surface area contributed by atoms with Crippen molar-refractivity contribution in [3.63, 3.8) is 0 Å². The van der Waals surface area contributed by atoms with E-state index in [2.05, 4.69) is 5.32 Å². The van der Waals surface area contributed by atoms with Crippen molar-refractivity contribution in [2.24, 2.45) is 0 Å². The second-order valence-corrected chi connectivity index (χ2v) is 7.60. The molecule has 0 aromatic heterocycles. The fourth-order valence-corrected chi connectivity index (χ4v) is 4.09. The summed E-state index contributed by atoms with van der Waals surface area (Å²) < 4.78 is 32.1. The molecule has 0 saturated carbocycles. The summed E-state index contributed by atoms with van der Waals surface area (Å²) >= 11 is 0. The lowest BCUT2D eigenvalue weighted by atomic mass is 10.1. The summed E-state index contributed by atoms with van der Waals surface area (Å²) in [6.45, 7) is 3.33. The Hall–Kier alpha value is -1.11. The molecule has 5 nitrogen and oxygen atoms in total. The van der Waals surface area contributed by atoms with Gasteiger partial charge < -0.3 is 10.1 Å². The van der Waals surface area contributed by atoms with Gasteiger partial charge in [-0.15, -0.1) is 0 Å². The van der Waals surface area contributed by atoms with Crippen molar-refractivity contribution < 1.29 is 13.2 Å². The van der Waals surface area contributed by atoms with Gasteiger partial charge in [0.05, 0.1) is 7.11 Å². The molecular formula is C15H24N2O3S. The fraction of sp³-hybridized carbons (Fsp3) is 0.600. The number of sulfonamides is 1. The van der Waals surface area contributed by atoms with Crippen LogP contribution in [-0.4, -0.2) is 46.0 Å². The van der Waals surface area contributed by atoms with Gasteiger partial charge >= 0.3 is 0 Å². The van der Waals surface area contributed by atoms with Gasteiger partial charge in [0.1, 0.15) is 10.6 Å². The lowest BCUT2D eigenvalue weighted by Crippen LogP contribution is -2.44. The van der Waals surface area contributed by atoms with Crippen LogP contribution in [0.5, 0.6) is 5.75 Å². The molecule has 1 heterocycles. The third-order valence-corrected chi connectivity index (χ3v) is 5.74. The van der Waals surface area contributed by atoms with Crippen LogP contribution >= 0.6 is 0 Å². The summed E-state index contributed by atoms with van der Waals surface area (Å²) in [6.07, 6.45) is 3.34. The Kier molecular flexibility index (Phi) is 5.24. The van der Waals surface area contributed by atoms with Crippen LogP contribution in [0.2, 0.25) is 0 Å². The minimum Gasteiger partial charge on any atom is -0.495 e. The number of rotatable bonds is 5. The number of methoxy groups -OCH3 is 1. The van der Waals surface area contributed by atoms with Crippen molar-refractivity contribution >= 4 is 10.0 Å². The van der Waals surface area contributed by atoms with E-state index < -0.39 is 10.0 Å². The van der Waals surface area contributed by atoms with E-state index >= 15 is 0 Å². The summed E-state index contributed by atoms with van der Waals surface area (Å²) in [5, 5.41) is 3.38. The van der Waals surface area contributed by atoms with E-state index in [0.29, 0.717) is 12.3 Å². The maximum atomic E-state index is 12.8. The Morgan fingerprint density at radius 2 is 2.14 bits per heavy atom. The molecule has 1 unspecified atom stereocenters. The highest BCUT2D eigenvalue weighted by molar-refractivity contribution is 7.89.